The van der Waals surface area contributed by atoms with Crippen LogP contribution in [0.5, 0.6) is 0 Å². The monoisotopic (exact) mass is 605 g/mol. The van der Waals surface area contributed by atoms with Crippen molar-refractivity contribution in [2.45, 2.75) is 63.4 Å². The lowest BCUT2D eigenvalue weighted by atomic mass is 9.89. The molecule has 0 radical (unpaired) electrons. The number of hydrogen-bond donors (Lipinski definition) is 2. The molecule has 5 rings (SSSR count). The maximum Gasteiger partial charge on any atom is 0.407 e. The normalized spacial score (nSPS) is 24.8. The van der Waals surface area contributed by atoms with Crippen LogP contribution in [0, 0.1) is 5.82 Å². The van der Waals surface area contributed by atoms with E-state index in [1.807, 2.05) is 26.2 Å². The summed E-state index contributed by atoms with van der Waals surface area (Å²) in [5, 5.41) is 8.98. The summed E-state index contributed by atoms with van der Waals surface area (Å²) in [6.45, 7) is 6.81. The molecule has 13 heteroatoms. The first kappa shape index (κ1) is 29.4. The SMILES string of the molecule is COC(=O)C1=C(CN2[C@@H]3COC[C@H]2CC(NC(=O)OC(C)(C)C)C3)NC(c2nccs2)=N[C@H]1c1ccc(F)cc1Cl. The number of nitrogens with one attached hydrogen (secondary N) is 2. The van der Waals surface area contributed by atoms with Crippen molar-refractivity contribution in [1.29, 1.82) is 0 Å². The van der Waals surface area contributed by atoms with Gasteiger partial charge in [-0.1, -0.05) is 17.7 Å². The zero-order chi connectivity index (χ0) is 29.3. The Labute approximate surface area is 246 Å². The average Bonchev–Trinajstić information content (AvgIpc) is 3.42. The third-order valence-electron chi connectivity index (χ3n) is 7.16. The van der Waals surface area contributed by atoms with Crippen LogP contribution in [-0.2, 0) is 19.0 Å². The minimum atomic E-state index is -0.840. The smallest absolute Gasteiger partial charge is 0.407 e. The summed E-state index contributed by atoms with van der Waals surface area (Å²) in [6.07, 6.45) is 2.53. The van der Waals surface area contributed by atoms with Crippen molar-refractivity contribution >= 4 is 40.8 Å². The van der Waals surface area contributed by atoms with Crippen molar-refractivity contribution in [2.75, 3.05) is 26.9 Å². The van der Waals surface area contributed by atoms with Gasteiger partial charge in [0.2, 0.25) is 0 Å². The number of hydrogen-bond acceptors (Lipinski definition) is 10. The summed E-state index contributed by atoms with van der Waals surface area (Å²) in [5.41, 5.74) is 0.769. The number of amidine groups is 1. The number of halogens is 2. The second-order valence-electron chi connectivity index (χ2n) is 11.2. The molecule has 2 saturated heterocycles. The number of carbonyl (C=O) groups excluding carboxylic acids is 2. The average molecular weight is 606 g/mol. The minimum absolute atomic E-state index is 0.0225. The van der Waals surface area contributed by atoms with Crippen LogP contribution >= 0.6 is 22.9 Å². The molecule has 0 spiro atoms. The molecule has 2 N–H and O–H groups in total. The van der Waals surface area contributed by atoms with Gasteiger partial charge < -0.3 is 24.8 Å². The molecule has 220 valence electrons. The summed E-state index contributed by atoms with van der Waals surface area (Å²) in [7, 11) is 1.31. The molecule has 2 aromatic rings. The molecular weight excluding hydrogens is 573 g/mol. The van der Waals surface area contributed by atoms with Crippen molar-refractivity contribution in [3.05, 3.63) is 62.5 Å². The summed E-state index contributed by atoms with van der Waals surface area (Å²) in [6, 6.07) is 3.07. The first-order valence-corrected chi connectivity index (χ1v) is 14.6. The number of amides is 1. The number of thiazole rings is 1. The van der Waals surface area contributed by atoms with Crippen LogP contribution in [0.3, 0.4) is 0 Å². The number of benzene rings is 1. The number of piperidine rings is 1. The lowest BCUT2D eigenvalue weighted by Crippen LogP contribution is -2.61. The van der Waals surface area contributed by atoms with Gasteiger partial charge >= 0.3 is 12.1 Å². The molecular formula is C28H33ClFN5O5S. The van der Waals surface area contributed by atoms with Crippen LogP contribution in [-0.4, -0.2) is 78.4 Å². The molecule has 10 nitrogen and oxygen atoms in total. The first-order chi connectivity index (χ1) is 19.5. The van der Waals surface area contributed by atoms with Crippen LogP contribution in [0.4, 0.5) is 9.18 Å². The Kier molecular flexibility index (Phi) is 8.65. The van der Waals surface area contributed by atoms with E-state index in [0.29, 0.717) is 54.7 Å². The van der Waals surface area contributed by atoms with Crippen LogP contribution < -0.4 is 10.6 Å². The van der Waals surface area contributed by atoms with Crippen molar-refractivity contribution in [3.8, 4) is 0 Å². The number of nitrogens with zero attached hydrogens (tertiary/aromatic N) is 3. The molecule has 3 aliphatic rings. The fourth-order valence-corrected chi connectivity index (χ4v) is 6.35. The van der Waals surface area contributed by atoms with Crippen LogP contribution in [0.1, 0.15) is 50.2 Å². The van der Waals surface area contributed by atoms with E-state index in [0.717, 1.165) is 0 Å². The molecule has 2 bridgehead atoms. The topological polar surface area (TPSA) is 114 Å². The Balaban J connectivity index is 1.46. The van der Waals surface area contributed by atoms with E-state index in [-0.39, 0.29) is 28.7 Å². The second-order valence-corrected chi connectivity index (χ2v) is 12.5. The number of aliphatic imine (C=N–C) groups is 1. The fourth-order valence-electron chi connectivity index (χ4n) is 5.49. The minimum Gasteiger partial charge on any atom is -0.466 e. The molecule has 0 saturated carbocycles. The van der Waals surface area contributed by atoms with E-state index in [1.54, 1.807) is 6.20 Å². The summed E-state index contributed by atoms with van der Waals surface area (Å²) < 4.78 is 30.5. The third kappa shape index (κ3) is 6.72. The molecule has 1 amide bonds. The number of rotatable bonds is 6. The Bertz CT molecular complexity index is 1350. The summed E-state index contributed by atoms with van der Waals surface area (Å²) in [5.74, 6) is -0.574. The highest BCUT2D eigenvalue weighted by atomic mass is 35.5. The van der Waals surface area contributed by atoms with Gasteiger partial charge in [-0.2, -0.15) is 0 Å². The fraction of sp³-hybridized carbons (Fsp3) is 0.500. The number of aromatic nitrogens is 1. The van der Waals surface area contributed by atoms with Crippen LogP contribution in [0.2, 0.25) is 5.02 Å². The molecule has 0 aliphatic carbocycles. The van der Waals surface area contributed by atoms with E-state index in [4.69, 9.17) is 30.8 Å². The van der Waals surface area contributed by atoms with Gasteiger partial charge in [-0.25, -0.2) is 19.0 Å². The molecule has 2 fully saturated rings. The number of carbonyl (C=O) groups is 2. The molecule has 4 heterocycles. The molecule has 1 unspecified atom stereocenters. The number of morpholine rings is 1. The number of ether oxygens (including phenoxy) is 3. The van der Waals surface area contributed by atoms with Crippen LogP contribution in [0.15, 0.2) is 46.0 Å². The molecule has 3 aliphatic heterocycles. The number of alkyl carbamates (subject to hydrolysis) is 1. The van der Waals surface area contributed by atoms with Gasteiger partial charge in [0.1, 0.15) is 17.5 Å². The van der Waals surface area contributed by atoms with Gasteiger partial charge in [0, 0.05) is 52.5 Å². The van der Waals surface area contributed by atoms with Crippen LogP contribution in [0.25, 0.3) is 0 Å². The Morgan fingerprint density at radius 2 is 2.00 bits per heavy atom. The van der Waals surface area contributed by atoms with E-state index in [2.05, 4.69) is 20.5 Å². The maximum absolute atomic E-state index is 13.9. The van der Waals surface area contributed by atoms with Gasteiger partial charge in [0.15, 0.2) is 10.8 Å². The van der Waals surface area contributed by atoms with Gasteiger partial charge in [-0.05, 0) is 45.7 Å². The number of methoxy groups -OCH3 is 1. The van der Waals surface area contributed by atoms with Gasteiger partial charge in [-0.3, -0.25) is 9.89 Å². The van der Waals surface area contributed by atoms with Gasteiger partial charge in [0.25, 0.3) is 0 Å². The quantitative estimate of drug-likeness (QED) is 0.471. The lowest BCUT2D eigenvalue weighted by Gasteiger charge is -2.49. The Hall–Kier alpha value is -3.06. The highest BCUT2D eigenvalue weighted by Crippen LogP contribution is 2.38. The zero-order valence-corrected chi connectivity index (χ0v) is 24.9. The number of esters is 1. The van der Waals surface area contributed by atoms with Gasteiger partial charge in [-0.15, -0.1) is 11.3 Å². The predicted octanol–water partition coefficient (Wildman–Crippen LogP) is 4.21. The van der Waals surface area contributed by atoms with Crippen molar-refractivity contribution < 1.29 is 28.2 Å². The standard InChI is InChI=1S/C28H33ClFN5O5S/c1-28(2,3)40-27(37)32-16-10-17-13-39-14-18(11-16)35(17)12-21-22(26(36)38-4)23(19-6-5-15(30)9-20(19)29)34-24(33-21)25-31-7-8-41-25/h5-9,16-18,23H,10-14H2,1-4H3,(H,32,37)(H,33,34)/t16?,17-,18+,23-/m0/s1. The van der Waals surface area contributed by atoms with Crippen molar-refractivity contribution in [1.82, 2.24) is 20.5 Å². The van der Waals surface area contributed by atoms with Gasteiger partial charge in [0.05, 0.1) is 25.9 Å². The molecule has 41 heavy (non-hydrogen) atoms. The summed E-state index contributed by atoms with van der Waals surface area (Å²) >= 11 is 7.88. The van der Waals surface area contributed by atoms with E-state index in [9.17, 15) is 14.0 Å². The van der Waals surface area contributed by atoms with Crippen molar-refractivity contribution in [2.24, 2.45) is 4.99 Å². The largest absolute Gasteiger partial charge is 0.466 e. The third-order valence-corrected chi connectivity index (χ3v) is 8.26. The number of fused-ring (bicyclic) bond motifs is 2. The van der Waals surface area contributed by atoms with E-state index >= 15 is 0 Å². The zero-order valence-electron chi connectivity index (χ0n) is 23.3. The highest BCUT2D eigenvalue weighted by molar-refractivity contribution is 7.11. The highest BCUT2D eigenvalue weighted by Gasteiger charge is 2.42. The summed E-state index contributed by atoms with van der Waals surface area (Å²) in [4.78, 5) is 37.2. The Morgan fingerprint density at radius 3 is 2.61 bits per heavy atom. The maximum atomic E-state index is 13.9. The lowest BCUT2D eigenvalue weighted by molar-refractivity contribution is -0.136. The second kappa shape index (κ2) is 12.0. The first-order valence-electron chi connectivity index (χ1n) is 13.4. The molecule has 4 atom stereocenters. The van der Waals surface area contributed by atoms with Crippen molar-refractivity contribution in [3.63, 3.8) is 0 Å². The predicted molar refractivity (Wildman–Crippen MR) is 152 cm³/mol. The Morgan fingerprint density at radius 1 is 1.27 bits per heavy atom. The van der Waals surface area contributed by atoms with E-state index < -0.39 is 29.5 Å². The van der Waals surface area contributed by atoms with E-state index in [1.165, 1.54) is 36.6 Å². The molecule has 1 aromatic carbocycles. The molecule has 1 aromatic heterocycles.